The van der Waals surface area contributed by atoms with E-state index in [-0.39, 0.29) is 5.69 Å². The van der Waals surface area contributed by atoms with Crippen molar-refractivity contribution in [2.75, 3.05) is 18.0 Å². The summed E-state index contributed by atoms with van der Waals surface area (Å²) in [6, 6.07) is 16.2. The molecule has 2 heterocycles. The highest BCUT2D eigenvalue weighted by Crippen LogP contribution is 2.52. The number of aromatic nitrogens is 1. The first-order valence-corrected chi connectivity index (χ1v) is 10.0. The minimum absolute atomic E-state index is 0.126. The topological polar surface area (TPSA) is 53.4 Å². The van der Waals surface area contributed by atoms with E-state index in [9.17, 15) is 4.79 Å². The fourth-order valence-corrected chi connectivity index (χ4v) is 4.45. The van der Waals surface area contributed by atoms with Gasteiger partial charge in [-0.05, 0) is 67.1 Å². The van der Waals surface area contributed by atoms with Crippen LogP contribution in [0.3, 0.4) is 0 Å². The maximum absolute atomic E-state index is 11.1. The van der Waals surface area contributed by atoms with E-state index in [1.54, 1.807) is 12.1 Å². The van der Waals surface area contributed by atoms with Gasteiger partial charge in [-0.1, -0.05) is 43.3 Å². The lowest BCUT2D eigenvalue weighted by atomic mass is 9.76. The third kappa shape index (κ3) is 4.15. The van der Waals surface area contributed by atoms with Gasteiger partial charge in [-0.3, -0.25) is 0 Å². The highest BCUT2D eigenvalue weighted by atomic mass is 16.4. The fourth-order valence-electron chi connectivity index (χ4n) is 4.45. The van der Waals surface area contributed by atoms with Crippen molar-refractivity contribution in [3.63, 3.8) is 0 Å². The molecule has 0 radical (unpaired) electrons. The summed E-state index contributed by atoms with van der Waals surface area (Å²) >= 11 is 0. The second kappa shape index (κ2) is 7.34. The predicted octanol–water partition coefficient (Wildman–Crippen LogP) is 4.97. The summed E-state index contributed by atoms with van der Waals surface area (Å²) in [6.07, 6.45) is 6.25. The number of anilines is 1. The normalized spacial score (nSPS) is 23.8. The van der Waals surface area contributed by atoms with E-state index in [0.29, 0.717) is 5.41 Å². The van der Waals surface area contributed by atoms with E-state index in [2.05, 4.69) is 47.1 Å². The molecule has 0 bridgehead atoms. The molecule has 2 atom stereocenters. The third-order valence-electron chi connectivity index (χ3n) is 6.52. The number of benzene rings is 1. The number of carboxylic acid groups (broad SMARTS) is 1. The molecule has 27 heavy (non-hydrogen) atoms. The van der Waals surface area contributed by atoms with E-state index < -0.39 is 5.97 Å². The van der Waals surface area contributed by atoms with Crippen LogP contribution in [0.5, 0.6) is 0 Å². The summed E-state index contributed by atoms with van der Waals surface area (Å²) in [7, 11) is 0. The van der Waals surface area contributed by atoms with Crippen molar-refractivity contribution in [1.82, 2.24) is 4.98 Å². The van der Waals surface area contributed by atoms with Crippen LogP contribution in [-0.4, -0.2) is 29.1 Å². The molecule has 4 rings (SSSR count). The van der Waals surface area contributed by atoms with Gasteiger partial charge >= 0.3 is 5.97 Å². The predicted molar refractivity (Wildman–Crippen MR) is 107 cm³/mol. The van der Waals surface area contributed by atoms with Crippen LogP contribution in [0.4, 0.5) is 5.82 Å². The van der Waals surface area contributed by atoms with Gasteiger partial charge in [0, 0.05) is 13.1 Å². The lowest BCUT2D eigenvalue weighted by Gasteiger charge is -2.40. The second-order valence-electron chi connectivity index (χ2n) is 8.54. The average Bonchev–Trinajstić information content (AvgIpc) is 3.48. The van der Waals surface area contributed by atoms with Crippen LogP contribution in [0.1, 0.15) is 61.0 Å². The molecule has 2 aromatic rings. The summed E-state index contributed by atoms with van der Waals surface area (Å²) in [5.74, 6) is 1.47. The van der Waals surface area contributed by atoms with Crippen molar-refractivity contribution in [3.8, 4) is 0 Å². The lowest BCUT2D eigenvalue weighted by Crippen LogP contribution is -2.39. The summed E-state index contributed by atoms with van der Waals surface area (Å²) in [6.45, 7) is 4.34. The molecule has 4 heteroatoms. The quantitative estimate of drug-likeness (QED) is 0.786. The van der Waals surface area contributed by atoms with Gasteiger partial charge in [-0.2, -0.15) is 0 Å². The van der Waals surface area contributed by atoms with Gasteiger partial charge < -0.3 is 10.0 Å². The third-order valence-corrected chi connectivity index (χ3v) is 6.52. The van der Waals surface area contributed by atoms with Crippen LogP contribution in [0.25, 0.3) is 0 Å². The van der Waals surface area contributed by atoms with Crippen LogP contribution < -0.4 is 4.90 Å². The zero-order chi connectivity index (χ0) is 18.9. The number of rotatable bonds is 6. The Morgan fingerprint density at radius 3 is 2.59 bits per heavy atom. The Balaban J connectivity index is 1.28. The van der Waals surface area contributed by atoms with Crippen molar-refractivity contribution in [3.05, 3.63) is 59.8 Å². The van der Waals surface area contributed by atoms with Crippen molar-refractivity contribution in [2.45, 2.75) is 44.9 Å². The average molecular weight is 364 g/mol. The van der Waals surface area contributed by atoms with E-state index in [1.165, 1.54) is 24.8 Å². The zero-order valence-corrected chi connectivity index (χ0v) is 16.0. The Labute approximate surface area is 161 Å². The number of carbonyl (C=O) groups is 1. The van der Waals surface area contributed by atoms with E-state index in [4.69, 9.17) is 5.11 Å². The lowest BCUT2D eigenvalue weighted by molar-refractivity contribution is 0.0690. The van der Waals surface area contributed by atoms with Crippen LogP contribution >= 0.6 is 0 Å². The van der Waals surface area contributed by atoms with Crippen LogP contribution in [0.2, 0.25) is 0 Å². The van der Waals surface area contributed by atoms with E-state index in [0.717, 1.165) is 43.6 Å². The number of hydrogen-bond acceptors (Lipinski definition) is 3. The van der Waals surface area contributed by atoms with Gasteiger partial charge in [0.1, 0.15) is 5.82 Å². The second-order valence-corrected chi connectivity index (χ2v) is 8.54. The molecule has 1 saturated heterocycles. The molecule has 142 valence electrons. The molecule has 0 amide bonds. The molecule has 1 aliphatic heterocycles. The Hall–Kier alpha value is -2.36. The number of aromatic carboxylic acids is 1. The van der Waals surface area contributed by atoms with Gasteiger partial charge in [-0.25, -0.2) is 9.78 Å². The molecule has 1 aromatic heterocycles. The molecule has 0 spiro atoms. The first-order valence-electron chi connectivity index (χ1n) is 10.0. The molecular formula is C23H28N2O2. The van der Waals surface area contributed by atoms with Gasteiger partial charge in [0.05, 0.1) is 0 Å². The summed E-state index contributed by atoms with van der Waals surface area (Å²) in [4.78, 5) is 17.7. The summed E-state index contributed by atoms with van der Waals surface area (Å²) in [5, 5.41) is 9.14. The Bertz CT molecular complexity index is 797. The van der Waals surface area contributed by atoms with Gasteiger partial charge in [0.15, 0.2) is 5.69 Å². The fraction of sp³-hybridized carbons (Fsp3) is 0.478. The van der Waals surface area contributed by atoms with Crippen LogP contribution in [-0.2, 0) is 0 Å². The molecule has 2 aliphatic rings. The number of nitrogens with zero attached hydrogens (tertiary/aromatic N) is 2. The van der Waals surface area contributed by atoms with Gasteiger partial charge in [0.2, 0.25) is 0 Å². The Kier molecular flexibility index (Phi) is 4.90. The number of piperidine rings is 1. The highest BCUT2D eigenvalue weighted by Gasteiger charge is 2.40. The standard InChI is InChI=1S/C23H28N2O2/c1-23(11-10-18-16-19(18)17-6-3-2-4-7-17)12-14-25(15-13-23)21-9-5-8-20(24-21)22(26)27/h2-9,18-19H,10-16H2,1H3,(H,26,27)/t18-,19?/m1/s1. The number of pyridine rings is 1. The number of hydrogen-bond donors (Lipinski definition) is 1. The maximum atomic E-state index is 11.1. The first kappa shape index (κ1) is 18.0. The minimum Gasteiger partial charge on any atom is -0.477 e. The SMILES string of the molecule is CC1(CC[C@@H]2CC2c2ccccc2)CCN(c2cccc(C(=O)O)n2)CC1. The van der Waals surface area contributed by atoms with Gasteiger partial charge in [0.25, 0.3) is 0 Å². The first-order chi connectivity index (χ1) is 13.0. The summed E-state index contributed by atoms with van der Waals surface area (Å²) in [5.41, 5.74) is 2.03. The zero-order valence-electron chi connectivity index (χ0n) is 16.0. The van der Waals surface area contributed by atoms with Crippen LogP contribution in [0, 0.1) is 11.3 Å². The van der Waals surface area contributed by atoms with E-state index in [1.807, 2.05) is 6.07 Å². The smallest absolute Gasteiger partial charge is 0.354 e. The Morgan fingerprint density at radius 2 is 1.89 bits per heavy atom. The molecular weight excluding hydrogens is 336 g/mol. The van der Waals surface area contributed by atoms with Crippen molar-refractivity contribution < 1.29 is 9.90 Å². The number of carboxylic acids is 1. The van der Waals surface area contributed by atoms with Crippen molar-refractivity contribution in [2.24, 2.45) is 11.3 Å². The minimum atomic E-state index is -0.962. The Morgan fingerprint density at radius 1 is 1.15 bits per heavy atom. The maximum Gasteiger partial charge on any atom is 0.354 e. The molecule has 1 N–H and O–H groups in total. The monoisotopic (exact) mass is 364 g/mol. The molecule has 1 saturated carbocycles. The summed E-state index contributed by atoms with van der Waals surface area (Å²) < 4.78 is 0. The molecule has 1 aromatic carbocycles. The highest BCUT2D eigenvalue weighted by molar-refractivity contribution is 5.85. The largest absolute Gasteiger partial charge is 0.477 e. The van der Waals surface area contributed by atoms with Crippen LogP contribution in [0.15, 0.2) is 48.5 Å². The van der Waals surface area contributed by atoms with Gasteiger partial charge in [-0.15, -0.1) is 0 Å². The molecule has 1 unspecified atom stereocenters. The van der Waals surface area contributed by atoms with Crippen molar-refractivity contribution >= 4 is 11.8 Å². The molecule has 2 fully saturated rings. The molecule has 4 nitrogen and oxygen atoms in total. The molecule has 1 aliphatic carbocycles. The van der Waals surface area contributed by atoms with Crippen molar-refractivity contribution in [1.29, 1.82) is 0 Å². The van der Waals surface area contributed by atoms with E-state index >= 15 is 0 Å².